The van der Waals surface area contributed by atoms with Crippen molar-refractivity contribution in [3.8, 4) is 39.1 Å². The van der Waals surface area contributed by atoms with Gasteiger partial charge in [-0.2, -0.15) is 0 Å². The van der Waals surface area contributed by atoms with Gasteiger partial charge in [0.05, 0.1) is 27.8 Å². The van der Waals surface area contributed by atoms with Gasteiger partial charge in [-0.05, 0) is 143 Å². The van der Waals surface area contributed by atoms with Gasteiger partial charge in [-0.15, -0.1) is 0 Å². The molecule has 0 fully saturated rings. The van der Waals surface area contributed by atoms with Crippen LogP contribution in [0.15, 0.2) is 201 Å². The van der Waals surface area contributed by atoms with Gasteiger partial charge in [-0.1, -0.05) is 140 Å². The van der Waals surface area contributed by atoms with E-state index in [1.165, 1.54) is 82.7 Å². The summed E-state index contributed by atoms with van der Waals surface area (Å²) >= 11 is 0. The van der Waals surface area contributed by atoms with Crippen LogP contribution in [0, 0.1) is 5.41 Å². The Morgan fingerprint density at radius 1 is 0.635 bits per heavy atom. The second-order valence-electron chi connectivity index (χ2n) is 16.5. The van der Waals surface area contributed by atoms with Crippen LogP contribution >= 0.6 is 0 Å². The summed E-state index contributed by atoms with van der Waals surface area (Å²) in [6.45, 7) is 5.72. The molecule has 0 unspecified atom stereocenters. The molecule has 0 amide bonds. The van der Waals surface area contributed by atoms with Gasteiger partial charge < -0.3 is 20.3 Å². The van der Waals surface area contributed by atoms with Crippen LogP contribution in [-0.4, -0.2) is 14.8 Å². The highest BCUT2D eigenvalue weighted by Crippen LogP contribution is 2.46. The normalized spacial score (nSPS) is 13.8. The summed E-state index contributed by atoms with van der Waals surface area (Å²) in [5.74, 6) is 0. The van der Waals surface area contributed by atoms with Gasteiger partial charge in [0.25, 0.3) is 0 Å². The molecule has 2 heterocycles. The van der Waals surface area contributed by atoms with E-state index in [1.54, 1.807) is 18.2 Å². The number of nitrogens with two attached hydrogens (primary N) is 1. The summed E-state index contributed by atoms with van der Waals surface area (Å²) in [5.41, 5.74) is 26.7. The molecule has 63 heavy (non-hydrogen) atoms. The van der Waals surface area contributed by atoms with Crippen molar-refractivity contribution >= 4 is 60.7 Å². The Kier molecular flexibility index (Phi) is 9.35. The molecule has 7 aromatic carbocycles. The molecule has 9 aromatic rings. The molecule has 0 atom stereocenters. The fraction of sp³-hybridized carbons (Fsp3) is 0.0678. The molecule has 302 valence electrons. The number of hydrogen-bond acceptors (Lipinski definition) is 2. The quantitative estimate of drug-likeness (QED) is 0.117. The molecule has 0 bridgehead atoms. The maximum Gasteiger partial charge on any atom is 0.0612 e. The number of allylic oxidation sites excluding steroid dienone is 10. The van der Waals surface area contributed by atoms with Crippen molar-refractivity contribution < 1.29 is 0 Å². The summed E-state index contributed by atoms with van der Waals surface area (Å²) in [7, 11) is 0. The monoisotopic (exact) mass is 810 g/mol. The summed E-state index contributed by atoms with van der Waals surface area (Å²) in [5, 5.41) is 13.5. The number of hydrogen-bond donors (Lipinski definition) is 2. The third-order valence-electron chi connectivity index (χ3n) is 13.0. The Hall–Kier alpha value is -7.95. The molecule has 0 aliphatic heterocycles. The fourth-order valence-electron chi connectivity index (χ4n) is 9.85. The molecule has 0 saturated heterocycles. The van der Waals surface area contributed by atoms with Crippen LogP contribution in [0.1, 0.15) is 35.6 Å². The van der Waals surface area contributed by atoms with Crippen LogP contribution in [0.4, 0.5) is 0 Å². The molecule has 11 rings (SSSR count). The van der Waals surface area contributed by atoms with E-state index in [4.69, 9.17) is 11.1 Å². The lowest BCUT2D eigenvalue weighted by Crippen LogP contribution is -2.07. The van der Waals surface area contributed by atoms with E-state index < -0.39 is 0 Å². The molecule has 0 spiro atoms. The molecule has 4 heteroatoms. The Bertz CT molecular complexity index is 3490. The second kappa shape index (κ2) is 15.5. The zero-order valence-corrected chi connectivity index (χ0v) is 35.3. The number of fused-ring (bicyclic) bond motifs is 10. The van der Waals surface area contributed by atoms with Crippen molar-refractivity contribution in [1.29, 1.82) is 5.41 Å². The van der Waals surface area contributed by atoms with Gasteiger partial charge in [0.1, 0.15) is 0 Å². The number of rotatable bonds is 8. The van der Waals surface area contributed by atoms with Crippen molar-refractivity contribution in [1.82, 2.24) is 9.13 Å². The third-order valence-corrected chi connectivity index (χ3v) is 13.0. The molecule has 3 N–H and O–H groups in total. The predicted octanol–water partition coefficient (Wildman–Crippen LogP) is 14.8. The van der Waals surface area contributed by atoms with E-state index in [0.29, 0.717) is 5.71 Å². The van der Waals surface area contributed by atoms with Gasteiger partial charge in [0.2, 0.25) is 0 Å². The Labute approximate surface area is 367 Å². The van der Waals surface area contributed by atoms with Crippen LogP contribution in [0.25, 0.3) is 94.1 Å². The van der Waals surface area contributed by atoms with Gasteiger partial charge in [-0.25, -0.2) is 0 Å². The highest BCUT2D eigenvalue weighted by atomic mass is 15.0. The first-order valence-electron chi connectivity index (χ1n) is 21.8. The first-order valence-corrected chi connectivity index (χ1v) is 21.8. The Morgan fingerprint density at radius 2 is 1.30 bits per heavy atom. The summed E-state index contributed by atoms with van der Waals surface area (Å²) in [6, 6.07) is 51.2. The summed E-state index contributed by atoms with van der Waals surface area (Å²) < 4.78 is 4.95. The number of nitrogens with zero attached hydrogens (tertiary/aromatic N) is 2. The lowest BCUT2D eigenvalue weighted by Gasteiger charge is -2.23. The highest BCUT2D eigenvalue weighted by molar-refractivity contribution is 6.16. The van der Waals surface area contributed by atoms with Gasteiger partial charge in [-0.3, -0.25) is 0 Å². The van der Waals surface area contributed by atoms with Crippen molar-refractivity contribution in [3.63, 3.8) is 0 Å². The van der Waals surface area contributed by atoms with E-state index in [1.807, 2.05) is 25.1 Å². The number of aromatic nitrogens is 2. The van der Waals surface area contributed by atoms with E-state index in [0.717, 1.165) is 52.9 Å². The molecule has 4 nitrogen and oxygen atoms in total. The maximum atomic E-state index is 8.45. The van der Waals surface area contributed by atoms with Crippen LogP contribution in [-0.2, 0) is 12.8 Å². The minimum atomic E-state index is 0.467. The minimum Gasteiger partial charge on any atom is -0.399 e. The molecule has 2 aromatic heterocycles. The van der Waals surface area contributed by atoms with Crippen molar-refractivity contribution in [2.75, 3.05) is 0 Å². The summed E-state index contributed by atoms with van der Waals surface area (Å²) in [6.07, 6.45) is 21.1. The van der Waals surface area contributed by atoms with Gasteiger partial charge in [0, 0.05) is 38.6 Å². The largest absolute Gasteiger partial charge is 0.399 e. The van der Waals surface area contributed by atoms with Crippen LogP contribution in [0.3, 0.4) is 0 Å². The number of para-hydroxylation sites is 1. The SMILES string of the molecule is C=C/C=C\C(=N)c1ccc(-c2ccc3c(c2)c2ccc4c(c2n3-c2ccccc2)CCc2cc3c5cc(-c6ccc(/C(N)=C/C)cc6)ccc5n(C5=CCC=CC=C5)c3cc2-4)cc1. The van der Waals surface area contributed by atoms with E-state index in [-0.39, 0.29) is 0 Å². The Morgan fingerprint density at radius 3 is 2.02 bits per heavy atom. The van der Waals surface area contributed by atoms with Crippen molar-refractivity contribution in [2.24, 2.45) is 5.73 Å². The standard InChI is InChI=1S/C59H46N4/c1-3-5-17-55(61)41-24-20-39(21-25-41)42-28-33-57-51(34-42)49-31-30-47-48(59(49)63(57)46-15-11-8-12-16-46)29-26-44-36-53-52-35-43(38-18-22-40(23-19-38)54(60)4-2)27-32-56(52)62(58(53)37-50(44)47)45-13-9-6-7-10-14-45/h3-9,11-25,27-28,30-37,61H,1,10,26,29,60H2,2H3/b17-5-,54-4-,61-55?. The number of nitrogens with one attached hydrogen (secondary N) is 1. The molecule has 0 saturated carbocycles. The Balaban J connectivity index is 1.09. The van der Waals surface area contributed by atoms with Crippen molar-refractivity contribution in [2.45, 2.75) is 26.2 Å². The van der Waals surface area contributed by atoms with Crippen LogP contribution < -0.4 is 5.73 Å². The first-order chi connectivity index (χ1) is 31.0. The van der Waals surface area contributed by atoms with Gasteiger partial charge >= 0.3 is 0 Å². The van der Waals surface area contributed by atoms with E-state index in [2.05, 4.69) is 173 Å². The van der Waals surface area contributed by atoms with Crippen LogP contribution in [0.5, 0.6) is 0 Å². The number of benzene rings is 7. The lowest BCUT2D eigenvalue weighted by molar-refractivity contribution is 0.945. The molecular formula is C59H46N4. The predicted molar refractivity (Wildman–Crippen MR) is 269 cm³/mol. The highest BCUT2D eigenvalue weighted by Gasteiger charge is 2.26. The molecule has 0 radical (unpaired) electrons. The second-order valence-corrected chi connectivity index (χ2v) is 16.5. The lowest BCUT2D eigenvalue weighted by atomic mass is 9.83. The smallest absolute Gasteiger partial charge is 0.0612 e. The minimum absolute atomic E-state index is 0.467. The topological polar surface area (TPSA) is 59.7 Å². The molecule has 2 aliphatic rings. The van der Waals surface area contributed by atoms with Crippen LogP contribution in [0.2, 0.25) is 0 Å². The molecule has 2 aliphatic carbocycles. The van der Waals surface area contributed by atoms with Crippen molar-refractivity contribution in [3.05, 3.63) is 223 Å². The first kappa shape index (κ1) is 38.0. The fourth-order valence-corrected chi connectivity index (χ4v) is 9.85. The molecular weight excluding hydrogens is 765 g/mol. The summed E-state index contributed by atoms with van der Waals surface area (Å²) in [4.78, 5) is 0. The average molecular weight is 811 g/mol. The van der Waals surface area contributed by atoms with Gasteiger partial charge in [0.15, 0.2) is 0 Å². The maximum absolute atomic E-state index is 8.45. The zero-order valence-electron chi connectivity index (χ0n) is 35.3. The van der Waals surface area contributed by atoms with E-state index in [9.17, 15) is 0 Å². The third kappa shape index (κ3) is 6.42. The average Bonchev–Trinajstić information content (AvgIpc) is 3.69. The van der Waals surface area contributed by atoms with E-state index >= 15 is 0 Å². The zero-order chi connectivity index (χ0) is 42.6. The number of aryl methyl sites for hydroxylation is 2.